The van der Waals surface area contributed by atoms with Gasteiger partial charge in [0.15, 0.2) is 0 Å². The standard InChI is InChI=1S/C15H15ClFN/c1-2-14(11-6-5-7-12(16)10-11)18-15-9-4-3-8-13(15)17/h3-10,14,18H,2H2,1H3. The summed E-state index contributed by atoms with van der Waals surface area (Å²) in [7, 11) is 0. The number of benzene rings is 2. The summed E-state index contributed by atoms with van der Waals surface area (Å²) in [6.07, 6.45) is 0.856. The Labute approximate surface area is 112 Å². The van der Waals surface area contributed by atoms with Gasteiger partial charge in [-0.05, 0) is 36.2 Å². The number of rotatable bonds is 4. The predicted molar refractivity (Wildman–Crippen MR) is 74.5 cm³/mol. The molecule has 0 fully saturated rings. The van der Waals surface area contributed by atoms with Crippen molar-refractivity contribution in [2.45, 2.75) is 19.4 Å². The molecule has 1 atom stereocenters. The van der Waals surface area contributed by atoms with Crippen molar-refractivity contribution in [3.8, 4) is 0 Å². The van der Waals surface area contributed by atoms with E-state index in [4.69, 9.17) is 11.6 Å². The van der Waals surface area contributed by atoms with Gasteiger partial charge in [-0.3, -0.25) is 0 Å². The Balaban J connectivity index is 2.23. The van der Waals surface area contributed by atoms with Gasteiger partial charge in [-0.25, -0.2) is 4.39 Å². The quantitative estimate of drug-likeness (QED) is 0.815. The molecular formula is C15H15ClFN. The maximum absolute atomic E-state index is 13.6. The van der Waals surface area contributed by atoms with Crippen molar-refractivity contribution in [2.75, 3.05) is 5.32 Å². The van der Waals surface area contributed by atoms with Crippen LogP contribution in [0.1, 0.15) is 24.9 Å². The predicted octanol–water partition coefficient (Wildman–Crippen LogP) is 5.04. The number of para-hydroxylation sites is 1. The molecule has 1 unspecified atom stereocenters. The fraction of sp³-hybridized carbons (Fsp3) is 0.200. The fourth-order valence-electron chi connectivity index (χ4n) is 1.91. The van der Waals surface area contributed by atoms with E-state index in [1.54, 1.807) is 12.1 Å². The van der Waals surface area contributed by atoms with Gasteiger partial charge in [-0.1, -0.05) is 42.8 Å². The molecule has 0 aliphatic rings. The van der Waals surface area contributed by atoms with Gasteiger partial charge in [0.05, 0.1) is 11.7 Å². The molecular weight excluding hydrogens is 249 g/mol. The third kappa shape index (κ3) is 3.02. The highest BCUT2D eigenvalue weighted by molar-refractivity contribution is 6.30. The van der Waals surface area contributed by atoms with E-state index < -0.39 is 0 Å². The number of hydrogen-bond donors (Lipinski definition) is 1. The van der Waals surface area contributed by atoms with Crippen LogP contribution in [0.15, 0.2) is 48.5 Å². The molecule has 0 aliphatic heterocycles. The first-order chi connectivity index (χ1) is 8.70. The molecule has 0 bridgehead atoms. The lowest BCUT2D eigenvalue weighted by Crippen LogP contribution is -2.10. The first kappa shape index (κ1) is 12.9. The molecule has 2 aromatic carbocycles. The van der Waals surface area contributed by atoms with Crippen LogP contribution in [0.25, 0.3) is 0 Å². The summed E-state index contributed by atoms with van der Waals surface area (Å²) in [4.78, 5) is 0. The molecule has 0 aromatic heterocycles. The van der Waals surface area contributed by atoms with Crippen molar-refractivity contribution >= 4 is 17.3 Å². The number of halogens is 2. The zero-order valence-electron chi connectivity index (χ0n) is 10.2. The second kappa shape index (κ2) is 5.87. The van der Waals surface area contributed by atoms with Crippen LogP contribution in [0.3, 0.4) is 0 Å². The van der Waals surface area contributed by atoms with Crippen LogP contribution in [0.4, 0.5) is 10.1 Å². The van der Waals surface area contributed by atoms with Gasteiger partial charge in [0, 0.05) is 5.02 Å². The normalized spacial score (nSPS) is 12.2. The Morgan fingerprint density at radius 3 is 2.61 bits per heavy atom. The van der Waals surface area contributed by atoms with Gasteiger partial charge in [-0.2, -0.15) is 0 Å². The summed E-state index contributed by atoms with van der Waals surface area (Å²) in [6, 6.07) is 14.4. The third-order valence-electron chi connectivity index (χ3n) is 2.86. The van der Waals surface area contributed by atoms with Gasteiger partial charge in [0.25, 0.3) is 0 Å². The molecule has 1 nitrogen and oxygen atoms in total. The molecule has 0 radical (unpaired) electrons. The summed E-state index contributed by atoms with van der Waals surface area (Å²) >= 11 is 5.98. The van der Waals surface area contributed by atoms with E-state index >= 15 is 0 Å². The lowest BCUT2D eigenvalue weighted by molar-refractivity contribution is 0.624. The van der Waals surface area contributed by atoms with Crippen molar-refractivity contribution in [1.29, 1.82) is 0 Å². The van der Waals surface area contributed by atoms with E-state index in [1.165, 1.54) is 6.07 Å². The van der Waals surface area contributed by atoms with E-state index in [0.29, 0.717) is 10.7 Å². The second-order valence-corrected chi connectivity index (χ2v) is 4.58. The highest BCUT2D eigenvalue weighted by Gasteiger charge is 2.11. The minimum Gasteiger partial charge on any atom is -0.376 e. The van der Waals surface area contributed by atoms with Gasteiger partial charge >= 0.3 is 0 Å². The third-order valence-corrected chi connectivity index (χ3v) is 3.10. The van der Waals surface area contributed by atoms with E-state index in [0.717, 1.165) is 12.0 Å². The average Bonchev–Trinajstić information content (AvgIpc) is 2.38. The zero-order chi connectivity index (χ0) is 13.0. The molecule has 2 rings (SSSR count). The van der Waals surface area contributed by atoms with E-state index in [1.807, 2.05) is 30.3 Å². The highest BCUT2D eigenvalue weighted by Crippen LogP contribution is 2.25. The number of anilines is 1. The molecule has 1 N–H and O–H groups in total. The Morgan fingerprint density at radius 1 is 1.17 bits per heavy atom. The Morgan fingerprint density at radius 2 is 1.94 bits per heavy atom. The smallest absolute Gasteiger partial charge is 0.146 e. The summed E-state index contributed by atoms with van der Waals surface area (Å²) in [5, 5.41) is 3.90. The maximum atomic E-state index is 13.6. The van der Waals surface area contributed by atoms with Crippen LogP contribution in [-0.2, 0) is 0 Å². The maximum Gasteiger partial charge on any atom is 0.146 e. The van der Waals surface area contributed by atoms with Crippen LogP contribution in [0.2, 0.25) is 5.02 Å². The van der Waals surface area contributed by atoms with E-state index in [9.17, 15) is 4.39 Å². The summed E-state index contributed by atoms with van der Waals surface area (Å²) in [5.74, 6) is -0.238. The van der Waals surface area contributed by atoms with Crippen molar-refractivity contribution in [1.82, 2.24) is 0 Å². The van der Waals surface area contributed by atoms with E-state index in [-0.39, 0.29) is 11.9 Å². The minimum atomic E-state index is -0.238. The Bertz CT molecular complexity index is 527. The first-order valence-corrected chi connectivity index (χ1v) is 6.35. The number of hydrogen-bond acceptors (Lipinski definition) is 1. The van der Waals surface area contributed by atoms with Crippen molar-refractivity contribution in [2.24, 2.45) is 0 Å². The molecule has 0 heterocycles. The van der Waals surface area contributed by atoms with Crippen molar-refractivity contribution in [3.63, 3.8) is 0 Å². The monoisotopic (exact) mass is 263 g/mol. The van der Waals surface area contributed by atoms with Gasteiger partial charge in [0.1, 0.15) is 5.82 Å². The molecule has 18 heavy (non-hydrogen) atoms. The molecule has 2 aromatic rings. The molecule has 3 heteroatoms. The SMILES string of the molecule is CCC(Nc1ccccc1F)c1cccc(Cl)c1. The Hall–Kier alpha value is -1.54. The molecule has 0 saturated carbocycles. The van der Waals surface area contributed by atoms with Crippen molar-refractivity contribution in [3.05, 3.63) is 64.9 Å². The molecule has 0 amide bonds. The fourth-order valence-corrected chi connectivity index (χ4v) is 2.11. The molecule has 0 aliphatic carbocycles. The zero-order valence-corrected chi connectivity index (χ0v) is 10.9. The van der Waals surface area contributed by atoms with Gasteiger partial charge < -0.3 is 5.32 Å². The molecule has 0 saturated heterocycles. The van der Waals surface area contributed by atoms with Crippen LogP contribution in [0, 0.1) is 5.82 Å². The van der Waals surface area contributed by atoms with E-state index in [2.05, 4.69) is 12.2 Å². The van der Waals surface area contributed by atoms with Crippen LogP contribution in [0.5, 0.6) is 0 Å². The first-order valence-electron chi connectivity index (χ1n) is 5.97. The number of nitrogens with one attached hydrogen (secondary N) is 1. The van der Waals surface area contributed by atoms with Crippen LogP contribution >= 0.6 is 11.6 Å². The Kier molecular flexibility index (Phi) is 4.21. The van der Waals surface area contributed by atoms with Crippen molar-refractivity contribution < 1.29 is 4.39 Å². The van der Waals surface area contributed by atoms with Crippen LogP contribution in [-0.4, -0.2) is 0 Å². The average molecular weight is 264 g/mol. The van der Waals surface area contributed by atoms with Gasteiger partial charge in [0.2, 0.25) is 0 Å². The summed E-state index contributed by atoms with van der Waals surface area (Å²) in [6.45, 7) is 2.05. The minimum absolute atomic E-state index is 0.0561. The lowest BCUT2D eigenvalue weighted by Gasteiger charge is -2.19. The largest absolute Gasteiger partial charge is 0.376 e. The second-order valence-electron chi connectivity index (χ2n) is 4.14. The topological polar surface area (TPSA) is 12.0 Å². The summed E-state index contributed by atoms with van der Waals surface area (Å²) in [5.41, 5.74) is 1.58. The summed E-state index contributed by atoms with van der Waals surface area (Å²) < 4.78 is 13.6. The lowest BCUT2D eigenvalue weighted by atomic mass is 10.0. The van der Waals surface area contributed by atoms with Crippen LogP contribution < -0.4 is 5.32 Å². The van der Waals surface area contributed by atoms with Gasteiger partial charge in [-0.15, -0.1) is 0 Å². The molecule has 0 spiro atoms. The highest BCUT2D eigenvalue weighted by atomic mass is 35.5. The molecule has 94 valence electrons.